The minimum atomic E-state index is -0.0834. The summed E-state index contributed by atoms with van der Waals surface area (Å²) in [5.74, 6) is 0.824. The number of aromatic nitrogens is 1. The van der Waals surface area contributed by atoms with E-state index in [2.05, 4.69) is 64.0 Å². The number of anilines is 1. The van der Waals surface area contributed by atoms with Gasteiger partial charge in [-0.15, -0.1) is 0 Å². The second-order valence-electron chi connectivity index (χ2n) is 7.74. The fraction of sp³-hybridized carbons (Fsp3) is 0.500. The first-order chi connectivity index (χ1) is 14.6. The first-order valence-electron chi connectivity index (χ1n) is 11.1. The zero-order chi connectivity index (χ0) is 21.3. The summed E-state index contributed by atoms with van der Waals surface area (Å²) in [5.41, 5.74) is 3.06. The van der Waals surface area contributed by atoms with Crippen molar-refractivity contribution in [3.05, 3.63) is 59.3 Å². The van der Waals surface area contributed by atoms with Gasteiger partial charge in [0.05, 0.1) is 5.56 Å². The maximum absolute atomic E-state index is 12.6. The first-order valence-corrected chi connectivity index (χ1v) is 11.1. The Bertz CT molecular complexity index is 795. The smallest absolute Gasteiger partial charge is 0.253 e. The van der Waals surface area contributed by atoms with Crippen molar-refractivity contribution >= 4 is 11.7 Å². The van der Waals surface area contributed by atoms with E-state index in [4.69, 9.17) is 0 Å². The van der Waals surface area contributed by atoms with Gasteiger partial charge in [-0.3, -0.25) is 9.69 Å². The third kappa shape index (κ3) is 5.80. The molecule has 2 heterocycles. The van der Waals surface area contributed by atoms with Crippen LogP contribution < -0.4 is 10.2 Å². The summed E-state index contributed by atoms with van der Waals surface area (Å²) < 4.78 is 0. The second-order valence-corrected chi connectivity index (χ2v) is 7.74. The van der Waals surface area contributed by atoms with Gasteiger partial charge < -0.3 is 15.1 Å². The summed E-state index contributed by atoms with van der Waals surface area (Å²) in [6.45, 7) is 15.3. The van der Waals surface area contributed by atoms with Crippen molar-refractivity contribution in [2.24, 2.45) is 0 Å². The number of likely N-dealkylation sites (N-methyl/N-ethyl adjacent to an activating group) is 1. The molecule has 6 nitrogen and oxygen atoms in total. The molecule has 1 aliphatic rings. The molecule has 0 radical (unpaired) electrons. The number of pyridine rings is 1. The van der Waals surface area contributed by atoms with E-state index in [1.807, 2.05) is 18.2 Å². The minimum absolute atomic E-state index is 0.0834. The van der Waals surface area contributed by atoms with Crippen LogP contribution in [0.1, 0.15) is 42.3 Å². The molecular weight excluding hydrogens is 374 g/mol. The van der Waals surface area contributed by atoms with Gasteiger partial charge in [-0.2, -0.15) is 0 Å². The van der Waals surface area contributed by atoms with Gasteiger partial charge >= 0.3 is 0 Å². The summed E-state index contributed by atoms with van der Waals surface area (Å²) in [5, 5.41) is 3.07. The van der Waals surface area contributed by atoms with E-state index in [0.29, 0.717) is 12.1 Å². The normalized spacial score (nSPS) is 15.2. The fourth-order valence-electron chi connectivity index (χ4n) is 3.92. The molecule has 6 heteroatoms. The molecule has 0 unspecified atom stereocenters. The number of carbonyl (C=O) groups excluding carboxylic acids is 1. The lowest BCUT2D eigenvalue weighted by Gasteiger charge is -2.34. The average molecular weight is 410 g/mol. The topological polar surface area (TPSA) is 51.7 Å². The van der Waals surface area contributed by atoms with Crippen molar-refractivity contribution in [3.8, 4) is 0 Å². The summed E-state index contributed by atoms with van der Waals surface area (Å²) in [6.07, 6.45) is 1.67. The molecule has 2 aromatic rings. The second kappa shape index (κ2) is 11.1. The molecule has 0 atom stereocenters. The Labute approximate surface area is 180 Å². The standard InChI is InChI=1S/C24H35N5O/c1-4-27-13-15-28(16-14-27)19-22-10-8-7-9-20(22)17-26-24(30)21-11-12-23(25-18-21)29(5-2)6-3/h7-12,18H,4-6,13-17,19H2,1-3H3,(H,26,30). The molecule has 3 rings (SSSR count). The van der Waals surface area contributed by atoms with Gasteiger partial charge in [0, 0.05) is 58.6 Å². The van der Waals surface area contributed by atoms with Crippen LogP contribution in [0.25, 0.3) is 0 Å². The molecule has 0 saturated carbocycles. The van der Waals surface area contributed by atoms with Gasteiger partial charge in [0.2, 0.25) is 0 Å². The number of hydrogen-bond donors (Lipinski definition) is 1. The lowest BCUT2D eigenvalue weighted by Crippen LogP contribution is -2.45. The fourth-order valence-corrected chi connectivity index (χ4v) is 3.92. The molecule has 1 amide bonds. The zero-order valence-corrected chi connectivity index (χ0v) is 18.6. The van der Waals surface area contributed by atoms with Gasteiger partial charge in [-0.1, -0.05) is 31.2 Å². The van der Waals surface area contributed by atoms with Crippen LogP contribution in [0.2, 0.25) is 0 Å². The molecule has 0 aliphatic carbocycles. The lowest BCUT2D eigenvalue weighted by atomic mass is 10.1. The maximum Gasteiger partial charge on any atom is 0.253 e. The van der Waals surface area contributed by atoms with Crippen LogP contribution in [0, 0.1) is 0 Å². The number of amides is 1. The molecule has 1 fully saturated rings. The van der Waals surface area contributed by atoms with Gasteiger partial charge in [0.25, 0.3) is 5.91 Å². The Hall–Kier alpha value is -2.44. The van der Waals surface area contributed by atoms with Crippen molar-refractivity contribution in [1.82, 2.24) is 20.1 Å². The number of hydrogen-bond acceptors (Lipinski definition) is 5. The quantitative estimate of drug-likeness (QED) is 0.690. The molecule has 0 bridgehead atoms. The average Bonchev–Trinajstić information content (AvgIpc) is 2.80. The number of nitrogens with one attached hydrogen (secondary N) is 1. The Morgan fingerprint density at radius 1 is 0.967 bits per heavy atom. The maximum atomic E-state index is 12.6. The van der Waals surface area contributed by atoms with Crippen LogP contribution in [0.4, 0.5) is 5.82 Å². The van der Waals surface area contributed by atoms with Crippen LogP contribution in [0.3, 0.4) is 0 Å². The molecule has 1 saturated heterocycles. The van der Waals surface area contributed by atoms with Crippen LogP contribution in [-0.2, 0) is 13.1 Å². The molecule has 1 aromatic heterocycles. The Morgan fingerprint density at radius 2 is 1.63 bits per heavy atom. The molecule has 30 heavy (non-hydrogen) atoms. The zero-order valence-electron chi connectivity index (χ0n) is 18.6. The van der Waals surface area contributed by atoms with Gasteiger partial charge in [0.1, 0.15) is 5.82 Å². The van der Waals surface area contributed by atoms with Gasteiger partial charge in [0.15, 0.2) is 0 Å². The molecule has 1 aliphatic heterocycles. The Balaban J connectivity index is 1.57. The van der Waals surface area contributed by atoms with E-state index >= 15 is 0 Å². The molecule has 0 spiro atoms. The summed E-state index contributed by atoms with van der Waals surface area (Å²) in [4.78, 5) is 24.2. The van der Waals surface area contributed by atoms with Gasteiger partial charge in [-0.25, -0.2) is 4.98 Å². The molecule has 1 N–H and O–H groups in total. The van der Waals surface area contributed by atoms with Crippen molar-refractivity contribution in [1.29, 1.82) is 0 Å². The number of benzene rings is 1. The SMILES string of the molecule is CCN1CCN(Cc2ccccc2CNC(=O)c2ccc(N(CC)CC)nc2)CC1. The lowest BCUT2D eigenvalue weighted by molar-refractivity contribution is 0.0950. The van der Waals surface area contributed by atoms with Crippen LogP contribution in [-0.4, -0.2) is 66.5 Å². The molecular formula is C24H35N5O. The van der Waals surface area contributed by atoms with E-state index in [1.165, 1.54) is 11.1 Å². The molecule has 162 valence electrons. The highest BCUT2D eigenvalue weighted by Gasteiger charge is 2.17. The number of piperazine rings is 1. The van der Waals surface area contributed by atoms with Crippen LogP contribution in [0.15, 0.2) is 42.6 Å². The first kappa shape index (κ1) is 22.2. The monoisotopic (exact) mass is 409 g/mol. The molecule has 1 aromatic carbocycles. The highest BCUT2D eigenvalue weighted by atomic mass is 16.1. The largest absolute Gasteiger partial charge is 0.357 e. The third-order valence-corrected chi connectivity index (χ3v) is 5.96. The van der Waals surface area contributed by atoms with Crippen molar-refractivity contribution in [2.45, 2.75) is 33.9 Å². The number of nitrogens with zero attached hydrogens (tertiary/aromatic N) is 4. The summed E-state index contributed by atoms with van der Waals surface area (Å²) in [7, 11) is 0. The Morgan fingerprint density at radius 3 is 2.23 bits per heavy atom. The van der Waals surface area contributed by atoms with E-state index in [-0.39, 0.29) is 5.91 Å². The highest BCUT2D eigenvalue weighted by molar-refractivity contribution is 5.94. The van der Waals surface area contributed by atoms with Crippen molar-refractivity contribution < 1.29 is 4.79 Å². The summed E-state index contributed by atoms with van der Waals surface area (Å²) >= 11 is 0. The van der Waals surface area contributed by atoms with E-state index in [1.54, 1.807) is 6.20 Å². The predicted octanol–water partition coefficient (Wildman–Crippen LogP) is 3.00. The number of rotatable bonds is 9. The van der Waals surface area contributed by atoms with Crippen molar-refractivity contribution in [3.63, 3.8) is 0 Å². The number of carbonyl (C=O) groups is 1. The summed E-state index contributed by atoms with van der Waals surface area (Å²) in [6, 6.07) is 12.2. The highest BCUT2D eigenvalue weighted by Crippen LogP contribution is 2.15. The van der Waals surface area contributed by atoms with E-state index in [0.717, 1.165) is 58.2 Å². The predicted molar refractivity (Wildman–Crippen MR) is 123 cm³/mol. The van der Waals surface area contributed by atoms with Crippen molar-refractivity contribution in [2.75, 3.05) is 50.7 Å². The van der Waals surface area contributed by atoms with Crippen LogP contribution in [0.5, 0.6) is 0 Å². The Kier molecular flexibility index (Phi) is 8.22. The third-order valence-electron chi connectivity index (χ3n) is 5.96. The van der Waals surface area contributed by atoms with Crippen LogP contribution >= 0.6 is 0 Å². The van der Waals surface area contributed by atoms with E-state index in [9.17, 15) is 4.79 Å². The van der Waals surface area contributed by atoms with E-state index < -0.39 is 0 Å². The van der Waals surface area contributed by atoms with Gasteiger partial charge in [-0.05, 0) is 43.7 Å². The minimum Gasteiger partial charge on any atom is -0.357 e.